The van der Waals surface area contributed by atoms with E-state index in [0.717, 1.165) is 43.5 Å². The molecule has 0 unspecified atom stereocenters. The fraction of sp³-hybridized carbons (Fsp3) is 0.385. The van der Waals surface area contributed by atoms with Gasteiger partial charge in [-0.1, -0.05) is 59.0 Å². The maximum Gasteiger partial charge on any atom is 0.260 e. The van der Waals surface area contributed by atoms with E-state index in [4.69, 9.17) is 39.3 Å². The molecule has 0 spiro atoms. The van der Waals surface area contributed by atoms with E-state index < -0.39 is 10.7 Å². The molecule has 1 saturated heterocycles. The number of hydrogen-bond donors (Lipinski definition) is 1. The number of Topliss-reactive ketones (excluding diaryl/α,β-unsaturated/α-hetero) is 1. The molecule has 0 atom stereocenters. The highest BCUT2D eigenvalue weighted by Crippen LogP contribution is 2.34. The molecule has 1 N–H and O–H groups in total. The van der Waals surface area contributed by atoms with Crippen LogP contribution in [0.2, 0.25) is 5.02 Å². The van der Waals surface area contributed by atoms with Crippen LogP contribution in [-0.4, -0.2) is 46.3 Å². The second-order valence-electron chi connectivity index (χ2n) is 8.63. The van der Waals surface area contributed by atoms with E-state index in [1.54, 1.807) is 24.4 Å². The van der Waals surface area contributed by atoms with E-state index in [1.165, 1.54) is 4.90 Å². The number of carbonyl (C=O) groups excluding carboxylic acids is 2. The minimum atomic E-state index is -1.26. The SMILES string of the molecule is CCc1cccc(Cl)c1-c1cc(-c2cc(N(CCC(=O)C3CCNCC3)C(=O)C(Cl)Cl)ccn2)on1. The van der Waals surface area contributed by atoms with Crippen LogP contribution in [0.5, 0.6) is 0 Å². The summed E-state index contributed by atoms with van der Waals surface area (Å²) in [7, 11) is 0. The molecule has 1 aromatic carbocycles. The number of rotatable bonds is 9. The Morgan fingerprint density at radius 1 is 1.17 bits per heavy atom. The second-order valence-corrected chi connectivity index (χ2v) is 10.1. The number of aromatic nitrogens is 2. The summed E-state index contributed by atoms with van der Waals surface area (Å²) in [6.07, 6.45) is 4.17. The van der Waals surface area contributed by atoms with Crippen molar-refractivity contribution in [2.24, 2.45) is 5.92 Å². The Morgan fingerprint density at radius 2 is 1.94 bits per heavy atom. The molecule has 3 heterocycles. The summed E-state index contributed by atoms with van der Waals surface area (Å²) < 4.78 is 5.59. The molecular formula is C26H27Cl3N4O3. The summed E-state index contributed by atoms with van der Waals surface area (Å²) in [6.45, 7) is 3.86. The van der Waals surface area contributed by atoms with Gasteiger partial charge in [0.15, 0.2) is 10.6 Å². The van der Waals surface area contributed by atoms with Crippen LogP contribution < -0.4 is 10.2 Å². The minimum Gasteiger partial charge on any atom is -0.354 e. The highest BCUT2D eigenvalue weighted by molar-refractivity contribution is 6.54. The Bertz CT molecular complexity index is 1220. The average Bonchev–Trinajstić information content (AvgIpc) is 3.39. The molecule has 10 heteroatoms. The summed E-state index contributed by atoms with van der Waals surface area (Å²) in [6, 6.07) is 10.8. The zero-order valence-corrected chi connectivity index (χ0v) is 22.1. The van der Waals surface area contributed by atoms with Crippen molar-refractivity contribution in [3.8, 4) is 22.7 Å². The molecule has 190 valence electrons. The lowest BCUT2D eigenvalue weighted by Crippen LogP contribution is -2.38. The van der Waals surface area contributed by atoms with Crippen molar-refractivity contribution in [3.05, 3.63) is 53.2 Å². The summed E-state index contributed by atoms with van der Waals surface area (Å²) in [5, 5.41) is 8.05. The van der Waals surface area contributed by atoms with Gasteiger partial charge in [-0.05, 0) is 56.1 Å². The number of carbonyl (C=O) groups is 2. The van der Waals surface area contributed by atoms with Gasteiger partial charge >= 0.3 is 0 Å². The first-order valence-corrected chi connectivity index (χ1v) is 13.2. The van der Waals surface area contributed by atoms with Crippen molar-refractivity contribution in [2.75, 3.05) is 24.5 Å². The van der Waals surface area contributed by atoms with Crippen LogP contribution in [0, 0.1) is 5.92 Å². The van der Waals surface area contributed by atoms with Crippen LogP contribution in [0.3, 0.4) is 0 Å². The third-order valence-corrected chi connectivity index (χ3v) is 7.07. The van der Waals surface area contributed by atoms with E-state index in [0.29, 0.717) is 27.9 Å². The fourth-order valence-electron chi connectivity index (χ4n) is 4.44. The Labute approximate surface area is 225 Å². The van der Waals surface area contributed by atoms with Gasteiger partial charge in [-0.3, -0.25) is 14.6 Å². The molecule has 7 nitrogen and oxygen atoms in total. The number of alkyl halides is 2. The molecule has 1 amide bonds. The van der Waals surface area contributed by atoms with Gasteiger partial charge in [0, 0.05) is 42.4 Å². The number of ketones is 1. The second kappa shape index (κ2) is 12.2. The Morgan fingerprint density at radius 3 is 2.67 bits per heavy atom. The van der Waals surface area contributed by atoms with Crippen molar-refractivity contribution < 1.29 is 14.1 Å². The molecule has 0 bridgehead atoms. The minimum absolute atomic E-state index is 0.00411. The van der Waals surface area contributed by atoms with Gasteiger partial charge in [0.05, 0.1) is 5.02 Å². The van der Waals surface area contributed by atoms with E-state index in [1.807, 2.05) is 25.1 Å². The Hall–Kier alpha value is -2.45. The van der Waals surface area contributed by atoms with Crippen molar-refractivity contribution >= 4 is 52.2 Å². The highest BCUT2D eigenvalue weighted by atomic mass is 35.5. The topological polar surface area (TPSA) is 88.3 Å². The quantitative estimate of drug-likeness (QED) is 0.344. The average molecular weight is 550 g/mol. The van der Waals surface area contributed by atoms with Gasteiger partial charge in [-0.25, -0.2) is 0 Å². The van der Waals surface area contributed by atoms with Crippen LogP contribution in [0.4, 0.5) is 5.69 Å². The van der Waals surface area contributed by atoms with Crippen LogP contribution >= 0.6 is 34.8 Å². The molecule has 1 aliphatic heterocycles. The van der Waals surface area contributed by atoms with Crippen LogP contribution in [-0.2, 0) is 16.0 Å². The predicted octanol–water partition coefficient (Wildman–Crippen LogP) is 5.71. The van der Waals surface area contributed by atoms with Gasteiger partial charge in [0.2, 0.25) is 0 Å². The Kier molecular flexibility index (Phi) is 9.01. The number of amides is 1. The van der Waals surface area contributed by atoms with Gasteiger partial charge < -0.3 is 14.7 Å². The maximum atomic E-state index is 12.8. The van der Waals surface area contributed by atoms with Crippen molar-refractivity contribution in [1.82, 2.24) is 15.5 Å². The monoisotopic (exact) mass is 548 g/mol. The van der Waals surface area contributed by atoms with E-state index in [9.17, 15) is 9.59 Å². The van der Waals surface area contributed by atoms with Gasteiger partial charge in [0.1, 0.15) is 17.2 Å². The normalized spacial score (nSPS) is 14.2. The van der Waals surface area contributed by atoms with Gasteiger partial charge in [-0.15, -0.1) is 0 Å². The van der Waals surface area contributed by atoms with E-state index in [-0.39, 0.29) is 24.7 Å². The number of nitrogens with zero attached hydrogens (tertiary/aromatic N) is 3. The number of hydrogen-bond acceptors (Lipinski definition) is 6. The highest BCUT2D eigenvalue weighted by Gasteiger charge is 2.26. The zero-order chi connectivity index (χ0) is 25.7. The molecule has 1 aliphatic rings. The standard InChI is InChI=1S/C26H27Cl3N4O3/c1-2-16-4-3-5-19(27)24(16)21-15-23(36-32-21)20-14-18(8-12-31-20)33(26(35)25(28)29)13-9-22(34)17-6-10-30-11-7-17/h3-5,8,12,14-15,17,25,30H,2,6-7,9-11,13H2,1H3. The number of aryl methyl sites for hydroxylation is 1. The van der Waals surface area contributed by atoms with E-state index >= 15 is 0 Å². The third kappa shape index (κ3) is 6.09. The number of halogens is 3. The first-order valence-electron chi connectivity index (χ1n) is 11.9. The lowest BCUT2D eigenvalue weighted by atomic mass is 9.92. The maximum absolute atomic E-state index is 12.8. The summed E-state index contributed by atoms with van der Waals surface area (Å²) in [4.78, 5) is 30.2. The number of nitrogens with one attached hydrogen (secondary N) is 1. The number of anilines is 1. The number of benzene rings is 1. The Balaban J connectivity index is 1.58. The summed E-state index contributed by atoms with van der Waals surface area (Å²) in [5.74, 6) is 0.0517. The lowest BCUT2D eigenvalue weighted by Gasteiger charge is -2.25. The first-order chi connectivity index (χ1) is 17.4. The van der Waals surface area contributed by atoms with Crippen molar-refractivity contribution in [3.63, 3.8) is 0 Å². The van der Waals surface area contributed by atoms with E-state index in [2.05, 4.69) is 15.5 Å². The first kappa shape index (κ1) is 26.6. The lowest BCUT2D eigenvalue weighted by molar-refractivity contribution is -0.123. The third-order valence-electron chi connectivity index (χ3n) is 6.38. The largest absolute Gasteiger partial charge is 0.354 e. The molecular weight excluding hydrogens is 523 g/mol. The molecule has 0 aliphatic carbocycles. The molecule has 1 fully saturated rings. The molecule has 4 rings (SSSR count). The molecule has 0 saturated carbocycles. The predicted molar refractivity (Wildman–Crippen MR) is 143 cm³/mol. The van der Waals surface area contributed by atoms with Crippen LogP contribution in [0.15, 0.2) is 47.1 Å². The zero-order valence-electron chi connectivity index (χ0n) is 19.8. The molecule has 0 radical (unpaired) electrons. The van der Waals surface area contributed by atoms with Crippen molar-refractivity contribution in [1.29, 1.82) is 0 Å². The summed E-state index contributed by atoms with van der Waals surface area (Å²) >= 11 is 18.3. The molecule has 36 heavy (non-hydrogen) atoms. The van der Waals surface area contributed by atoms with Gasteiger partial charge in [-0.2, -0.15) is 0 Å². The van der Waals surface area contributed by atoms with Crippen LogP contribution in [0.25, 0.3) is 22.7 Å². The molecule has 3 aromatic rings. The fourth-order valence-corrected chi connectivity index (χ4v) is 4.97. The van der Waals surface area contributed by atoms with Crippen molar-refractivity contribution in [2.45, 2.75) is 37.4 Å². The number of pyridine rings is 1. The molecule has 2 aromatic heterocycles. The summed E-state index contributed by atoms with van der Waals surface area (Å²) in [5.41, 5.74) is 3.45. The van der Waals surface area contributed by atoms with Crippen LogP contribution in [0.1, 0.15) is 31.7 Å². The van der Waals surface area contributed by atoms with Gasteiger partial charge in [0.25, 0.3) is 5.91 Å². The smallest absolute Gasteiger partial charge is 0.260 e. The number of piperidine rings is 1.